The zero-order chi connectivity index (χ0) is 18.4. The highest BCUT2D eigenvalue weighted by atomic mass is 16.5. The van der Waals surface area contributed by atoms with Crippen molar-refractivity contribution in [3.63, 3.8) is 0 Å². The first-order valence-electron chi connectivity index (χ1n) is 8.06. The van der Waals surface area contributed by atoms with E-state index in [1.807, 2.05) is 0 Å². The summed E-state index contributed by atoms with van der Waals surface area (Å²) in [5.74, 6) is 0.604. The molecule has 0 aliphatic carbocycles. The highest BCUT2D eigenvalue weighted by Gasteiger charge is 2.09. The van der Waals surface area contributed by atoms with Crippen molar-refractivity contribution in [2.45, 2.75) is 6.42 Å². The molecule has 3 heterocycles. The number of hydrogen-bond donors (Lipinski definition) is 1. The third kappa shape index (κ3) is 4.15. The average Bonchev–Trinajstić information content (AvgIpc) is 2.68. The molecule has 0 unspecified atom stereocenters. The number of hydrogen-bond acceptors (Lipinski definition) is 7. The minimum absolute atomic E-state index is 0.223. The smallest absolute Gasteiger partial charge is 0.338 e. The molecule has 0 spiro atoms. The fraction of sp³-hybridized carbons (Fsp3) is 0.222. The van der Waals surface area contributed by atoms with Gasteiger partial charge in [-0.2, -0.15) is 0 Å². The number of rotatable bonds is 7. The van der Waals surface area contributed by atoms with Gasteiger partial charge in [0.2, 0.25) is 5.95 Å². The highest BCUT2D eigenvalue weighted by Crippen LogP contribution is 2.13. The summed E-state index contributed by atoms with van der Waals surface area (Å²) < 4.78 is 11.7. The number of fused-ring (bicyclic) bond motifs is 1. The number of anilines is 1. The fourth-order valence-corrected chi connectivity index (χ4v) is 2.38. The molecule has 3 aromatic heterocycles. The lowest BCUT2D eigenvalue weighted by Gasteiger charge is -2.09. The van der Waals surface area contributed by atoms with E-state index in [-0.39, 0.29) is 11.1 Å². The van der Waals surface area contributed by atoms with Gasteiger partial charge in [0.25, 0.3) is 5.56 Å². The molecule has 0 saturated carbocycles. The van der Waals surface area contributed by atoms with Gasteiger partial charge in [0.05, 0.1) is 25.5 Å². The lowest BCUT2D eigenvalue weighted by Crippen LogP contribution is -2.16. The van der Waals surface area contributed by atoms with E-state index in [0.29, 0.717) is 30.4 Å². The van der Waals surface area contributed by atoms with Gasteiger partial charge in [-0.05, 0) is 30.7 Å². The molecule has 0 aliphatic rings. The first-order valence-corrected chi connectivity index (χ1v) is 8.06. The highest BCUT2D eigenvalue weighted by molar-refractivity contribution is 5.90. The molecular weight excluding hydrogens is 336 g/mol. The molecule has 134 valence electrons. The first kappa shape index (κ1) is 17.4. The second kappa shape index (κ2) is 8.11. The number of methoxy groups -OCH3 is 1. The number of pyridine rings is 2. The summed E-state index contributed by atoms with van der Waals surface area (Å²) in [6.45, 7) is 1.14. The van der Waals surface area contributed by atoms with Crippen molar-refractivity contribution in [2.75, 3.05) is 25.6 Å². The second-order valence-corrected chi connectivity index (χ2v) is 5.43. The Bertz CT molecular complexity index is 956. The summed E-state index contributed by atoms with van der Waals surface area (Å²) in [6.07, 6.45) is 5.69. The Morgan fingerprint density at radius 3 is 2.81 bits per heavy atom. The third-order valence-corrected chi connectivity index (χ3v) is 3.63. The third-order valence-electron chi connectivity index (χ3n) is 3.63. The number of carbonyl (C=O) groups is 1. The number of esters is 1. The zero-order valence-corrected chi connectivity index (χ0v) is 14.2. The van der Waals surface area contributed by atoms with Crippen LogP contribution in [0.1, 0.15) is 16.8 Å². The summed E-state index contributed by atoms with van der Waals surface area (Å²) in [6, 6.07) is 8.07. The van der Waals surface area contributed by atoms with E-state index in [4.69, 9.17) is 4.74 Å². The van der Waals surface area contributed by atoms with E-state index in [1.165, 1.54) is 17.6 Å². The van der Waals surface area contributed by atoms with Crippen molar-refractivity contribution >= 4 is 17.4 Å². The van der Waals surface area contributed by atoms with Crippen molar-refractivity contribution in [3.05, 3.63) is 64.8 Å². The van der Waals surface area contributed by atoms with Gasteiger partial charge in [-0.15, -0.1) is 0 Å². The second-order valence-electron chi connectivity index (χ2n) is 5.43. The molecule has 8 nitrogen and oxygen atoms in total. The SMILES string of the molecule is COC(=O)c1cc(=O)n2cc(OCCCNc3ncccn3)ccc2c1. The maximum absolute atomic E-state index is 12.2. The number of nitrogens with one attached hydrogen (secondary N) is 1. The molecule has 0 radical (unpaired) electrons. The van der Waals surface area contributed by atoms with Gasteiger partial charge in [-0.25, -0.2) is 14.8 Å². The molecule has 3 rings (SSSR count). The van der Waals surface area contributed by atoms with E-state index >= 15 is 0 Å². The van der Waals surface area contributed by atoms with Gasteiger partial charge in [-0.1, -0.05) is 0 Å². The van der Waals surface area contributed by atoms with Gasteiger partial charge in [0.15, 0.2) is 0 Å². The molecule has 1 N–H and O–H groups in total. The number of carbonyl (C=O) groups excluding carboxylic acids is 1. The monoisotopic (exact) mass is 354 g/mol. The van der Waals surface area contributed by atoms with E-state index in [2.05, 4.69) is 20.0 Å². The van der Waals surface area contributed by atoms with Gasteiger partial charge < -0.3 is 14.8 Å². The van der Waals surface area contributed by atoms with E-state index < -0.39 is 5.97 Å². The molecule has 8 heteroatoms. The Morgan fingerprint density at radius 1 is 1.23 bits per heavy atom. The quantitative estimate of drug-likeness (QED) is 0.510. The molecule has 0 saturated heterocycles. The Labute approximate surface area is 149 Å². The minimum atomic E-state index is -0.542. The molecule has 0 aromatic carbocycles. The van der Waals surface area contributed by atoms with E-state index in [0.717, 1.165) is 6.42 Å². The largest absolute Gasteiger partial charge is 0.492 e. The number of nitrogens with zero attached hydrogens (tertiary/aromatic N) is 3. The van der Waals surface area contributed by atoms with Crippen LogP contribution in [0.5, 0.6) is 5.75 Å². The maximum atomic E-state index is 12.2. The Hall–Kier alpha value is -3.42. The van der Waals surface area contributed by atoms with Crippen molar-refractivity contribution in [1.82, 2.24) is 14.4 Å². The van der Waals surface area contributed by atoms with Crippen LogP contribution in [0, 0.1) is 0 Å². The van der Waals surface area contributed by atoms with Crippen molar-refractivity contribution in [2.24, 2.45) is 0 Å². The first-order chi connectivity index (χ1) is 12.7. The van der Waals surface area contributed by atoms with Crippen LogP contribution in [0.25, 0.3) is 5.52 Å². The number of aromatic nitrogens is 3. The number of ether oxygens (including phenoxy) is 2. The summed E-state index contributed by atoms with van der Waals surface area (Å²) in [5, 5.41) is 3.09. The normalized spacial score (nSPS) is 10.5. The average molecular weight is 354 g/mol. The topological polar surface area (TPSA) is 94.8 Å². The molecule has 0 aliphatic heterocycles. The molecule has 0 bridgehead atoms. The summed E-state index contributed by atoms with van der Waals surface area (Å²) in [7, 11) is 1.28. The summed E-state index contributed by atoms with van der Waals surface area (Å²) in [5.41, 5.74) is 0.491. The van der Waals surface area contributed by atoms with Crippen molar-refractivity contribution in [1.29, 1.82) is 0 Å². The van der Waals surface area contributed by atoms with Crippen molar-refractivity contribution in [3.8, 4) is 5.75 Å². The van der Waals surface area contributed by atoms with Crippen molar-refractivity contribution < 1.29 is 14.3 Å². The summed E-state index contributed by atoms with van der Waals surface area (Å²) in [4.78, 5) is 31.9. The minimum Gasteiger partial charge on any atom is -0.492 e. The van der Waals surface area contributed by atoms with Gasteiger partial charge in [0, 0.05) is 30.5 Å². The molecule has 3 aromatic rings. The Morgan fingerprint density at radius 2 is 2.04 bits per heavy atom. The van der Waals surface area contributed by atoms with Crippen LogP contribution in [0.3, 0.4) is 0 Å². The van der Waals surface area contributed by atoms with Crippen LogP contribution in [0.2, 0.25) is 0 Å². The predicted octanol–water partition coefficient (Wildman–Crippen LogP) is 1.76. The van der Waals surface area contributed by atoms with Crippen LogP contribution >= 0.6 is 0 Å². The van der Waals surface area contributed by atoms with Crippen LogP contribution in [-0.4, -0.2) is 40.6 Å². The van der Waals surface area contributed by atoms with E-state index in [9.17, 15) is 9.59 Å². The molecule has 0 atom stereocenters. The maximum Gasteiger partial charge on any atom is 0.338 e. The predicted molar refractivity (Wildman–Crippen MR) is 95.6 cm³/mol. The van der Waals surface area contributed by atoms with E-state index in [1.54, 1.807) is 42.9 Å². The van der Waals surface area contributed by atoms with Gasteiger partial charge in [-0.3, -0.25) is 9.20 Å². The molecule has 26 heavy (non-hydrogen) atoms. The Kier molecular flexibility index (Phi) is 5.43. The fourth-order valence-electron chi connectivity index (χ4n) is 2.38. The lowest BCUT2D eigenvalue weighted by atomic mass is 10.2. The molecule has 0 amide bonds. The van der Waals surface area contributed by atoms with Crippen LogP contribution in [-0.2, 0) is 4.74 Å². The standard InChI is InChI=1S/C18H18N4O4/c1-25-17(24)13-10-14-4-5-15(12-22(14)16(23)11-13)26-9-3-8-21-18-19-6-2-7-20-18/h2,4-7,10-12H,3,8-9H2,1H3,(H,19,20,21). The van der Waals surface area contributed by atoms with Crippen LogP contribution in [0.15, 0.2) is 53.7 Å². The lowest BCUT2D eigenvalue weighted by molar-refractivity contribution is 0.0600. The van der Waals surface area contributed by atoms with Crippen LogP contribution < -0.4 is 15.6 Å². The van der Waals surface area contributed by atoms with Gasteiger partial charge in [0.1, 0.15) is 5.75 Å². The zero-order valence-electron chi connectivity index (χ0n) is 14.2. The Balaban J connectivity index is 1.59. The summed E-state index contributed by atoms with van der Waals surface area (Å²) >= 11 is 0. The molecular formula is C18H18N4O4. The van der Waals surface area contributed by atoms with Gasteiger partial charge >= 0.3 is 5.97 Å². The molecule has 0 fully saturated rings. The van der Waals surface area contributed by atoms with Crippen LogP contribution in [0.4, 0.5) is 5.95 Å².